The van der Waals surface area contributed by atoms with Crippen molar-refractivity contribution in [3.05, 3.63) is 25.6 Å². The number of rotatable bonds is 3. The maximum Gasteiger partial charge on any atom is 0.306 e. The summed E-state index contributed by atoms with van der Waals surface area (Å²) in [5.74, 6) is -1.58. The summed E-state index contributed by atoms with van der Waals surface area (Å²) in [6, 6.07) is 3.68. The predicted octanol–water partition coefficient (Wildman–Crippen LogP) is 4.41. The maximum atomic E-state index is 12.2. The molecule has 1 aromatic rings. The van der Waals surface area contributed by atoms with Crippen LogP contribution in [0.3, 0.4) is 0 Å². The minimum Gasteiger partial charge on any atom is -0.481 e. The first-order valence-corrected chi connectivity index (χ1v) is 8.44. The van der Waals surface area contributed by atoms with Crippen LogP contribution in [0.25, 0.3) is 0 Å². The molecular weight excluding hydrogens is 458 g/mol. The molecule has 1 amide bonds. The number of amides is 1. The molecule has 2 unspecified atom stereocenters. The number of aliphatic carboxylic acids is 1. The summed E-state index contributed by atoms with van der Waals surface area (Å²) >= 11 is 10.2. The highest BCUT2D eigenvalue weighted by Crippen LogP contribution is 2.36. The van der Waals surface area contributed by atoms with Gasteiger partial charge in [0.05, 0.1) is 11.6 Å². The van der Waals surface area contributed by atoms with E-state index in [1.807, 2.05) is 12.1 Å². The second-order valence-corrected chi connectivity index (χ2v) is 7.40. The Morgan fingerprint density at radius 3 is 2.15 bits per heavy atom. The van der Waals surface area contributed by atoms with Gasteiger partial charge in [-0.05, 0) is 63.3 Å². The molecule has 0 heterocycles. The third-order valence-electron chi connectivity index (χ3n) is 3.41. The van der Waals surface area contributed by atoms with Gasteiger partial charge in [0.25, 0.3) is 0 Å². The Kier molecular flexibility index (Phi) is 5.25. The van der Waals surface area contributed by atoms with Crippen molar-refractivity contribution in [2.75, 3.05) is 5.32 Å². The SMILES string of the molecule is O=C(O)C1CCC(C(=O)Nc2c(Br)cc(Br)cc2Br)C1. The Hall–Kier alpha value is -0.400. The molecule has 108 valence electrons. The van der Waals surface area contributed by atoms with Gasteiger partial charge in [-0.25, -0.2) is 0 Å². The van der Waals surface area contributed by atoms with Crippen molar-refractivity contribution in [1.82, 2.24) is 0 Å². The molecule has 0 radical (unpaired) electrons. The lowest BCUT2D eigenvalue weighted by Gasteiger charge is -2.14. The molecule has 20 heavy (non-hydrogen) atoms. The summed E-state index contributed by atoms with van der Waals surface area (Å²) < 4.78 is 2.42. The van der Waals surface area contributed by atoms with E-state index in [9.17, 15) is 9.59 Å². The van der Waals surface area contributed by atoms with E-state index >= 15 is 0 Å². The number of hydrogen-bond acceptors (Lipinski definition) is 2. The van der Waals surface area contributed by atoms with Gasteiger partial charge < -0.3 is 10.4 Å². The van der Waals surface area contributed by atoms with E-state index in [4.69, 9.17) is 5.11 Å². The number of carbonyl (C=O) groups is 2. The van der Waals surface area contributed by atoms with E-state index in [1.54, 1.807) is 0 Å². The van der Waals surface area contributed by atoms with E-state index in [0.717, 1.165) is 13.4 Å². The van der Waals surface area contributed by atoms with Crippen LogP contribution < -0.4 is 5.32 Å². The predicted molar refractivity (Wildman–Crippen MR) is 86.6 cm³/mol. The summed E-state index contributed by atoms with van der Waals surface area (Å²) in [4.78, 5) is 23.1. The van der Waals surface area contributed by atoms with Gasteiger partial charge in [0.2, 0.25) is 5.91 Å². The highest BCUT2D eigenvalue weighted by molar-refractivity contribution is 9.11. The molecule has 1 fully saturated rings. The normalized spacial score (nSPS) is 21.8. The smallest absolute Gasteiger partial charge is 0.306 e. The fourth-order valence-electron chi connectivity index (χ4n) is 2.33. The third kappa shape index (κ3) is 3.62. The highest BCUT2D eigenvalue weighted by atomic mass is 79.9. The van der Waals surface area contributed by atoms with Crippen LogP contribution in [-0.4, -0.2) is 17.0 Å². The highest BCUT2D eigenvalue weighted by Gasteiger charge is 2.34. The van der Waals surface area contributed by atoms with Gasteiger partial charge in [-0.15, -0.1) is 0 Å². The van der Waals surface area contributed by atoms with Gasteiger partial charge in [-0.3, -0.25) is 9.59 Å². The van der Waals surface area contributed by atoms with Crippen molar-refractivity contribution in [3.63, 3.8) is 0 Å². The van der Waals surface area contributed by atoms with Crippen LogP contribution in [0, 0.1) is 11.8 Å². The molecule has 7 heteroatoms. The summed E-state index contributed by atoms with van der Waals surface area (Å²) in [5, 5.41) is 11.8. The Morgan fingerprint density at radius 2 is 1.65 bits per heavy atom. The van der Waals surface area contributed by atoms with Crippen LogP contribution in [0.15, 0.2) is 25.6 Å². The molecule has 0 aliphatic heterocycles. The lowest BCUT2D eigenvalue weighted by atomic mass is 10.0. The minimum atomic E-state index is -0.814. The summed E-state index contributed by atoms with van der Waals surface area (Å²) in [7, 11) is 0. The molecule has 2 atom stereocenters. The number of carbonyl (C=O) groups excluding carboxylic acids is 1. The number of halogens is 3. The first kappa shape index (κ1) is 16.0. The van der Waals surface area contributed by atoms with Gasteiger partial charge in [0.1, 0.15) is 0 Å². The van der Waals surface area contributed by atoms with Crippen molar-refractivity contribution in [3.8, 4) is 0 Å². The van der Waals surface area contributed by atoms with E-state index in [0.29, 0.717) is 24.9 Å². The van der Waals surface area contributed by atoms with Crippen molar-refractivity contribution in [2.45, 2.75) is 19.3 Å². The fraction of sp³-hybridized carbons (Fsp3) is 0.385. The van der Waals surface area contributed by atoms with Crippen molar-refractivity contribution in [2.24, 2.45) is 11.8 Å². The lowest BCUT2D eigenvalue weighted by molar-refractivity contribution is -0.141. The number of nitrogens with one attached hydrogen (secondary N) is 1. The minimum absolute atomic E-state index is 0.127. The molecule has 1 saturated carbocycles. The van der Waals surface area contributed by atoms with E-state index in [-0.39, 0.29) is 11.8 Å². The fourth-order valence-corrected chi connectivity index (χ4v) is 4.79. The molecule has 0 saturated heterocycles. The average molecular weight is 470 g/mol. The van der Waals surface area contributed by atoms with Crippen LogP contribution in [0.2, 0.25) is 0 Å². The number of benzene rings is 1. The van der Waals surface area contributed by atoms with Gasteiger partial charge in [0, 0.05) is 19.3 Å². The molecule has 2 N–H and O–H groups in total. The third-order valence-corrected chi connectivity index (χ3v) is 5.12. The van der Waals surface area contributed by atoms with Gasteiger partial charge in [0.15, 0.2) is 0 Å². The molecule has 0 aromatic heterocycles. The van der Waals surface area contributed by atoms with Crippen molar-refractivity contribution in [1.29, 1.82) is 0 Å². The second-order valence-electron chi connectivity index (χ2n) is 4.78. The number of hydrogen-bond donors (Lipinski definition) is 2. The first-order valence-electron chi connectivity index (χ1n) is 6.06. The van der Waals surface area contributed by atoms with Crippen molar-refractivity contribution < 1.29 is 14.7 Å². The zero-order chi connectivity index (χ0) is 14.9. The van der Waals surface area contributed by atoms with Crippen LogP contribution in [-0.2, 0) is 9.59 Å². The zero-order valence-corrected chi connectivity index (χ0v) is 15.1. The molecule has 4 nitrogen and oxygen atoms in total. The van der Waals surface area contributed by atoms with E-state index < -0.39 is 11.9 Å². The molecule has 0 bridgehead atoms. The Balaban J connectivity index is 2.08. The Bertz CT molecular complexity index is 539. The first-order chi connectivity index (χ1) is 9.38. The van der Waals surface area contributed by atoms with Gasteiger partial charge >= 0.3 is 5.97 Å². The van der Waals surface area contributed by atoms with Crippen LogP contribution in [0.4, 0.5) is 5.69 Å². The van der Waals surface area contributed by atoms with Gasteiger partial charge in [-0.1, -0.05) is 15.9 Å². The molecule has 1 aromatic carbocycles. The topological polar surface area (TPSA) is 66.4 Å². The summed E-state index contributed by atoms with van der Waals surface area (Å²) in [5.41, 5.74) is 0.664. The monoisotopic (exact) mass is 467 g/mol. The molecule has 0 spiro atoms. The maximum absolute atomic E-state index is 12.2. The standard InChI is InChI=1S/C13H12Br3NO3/c14-8-4-9(15)11(10(16)5-8)17-12(18)6-1-2-7(3-6)13(19)20/h4-7H,1-3H2,(H,17,18)(H,19,20). The lowest BCUT2D eigenvalue weighted by Crippen LogP contribution is -2.22. The van der Waals surface area contributed by atoms with Crippen molar-refractivity contribution >= 4 is 65.4 Å². The molecule has 2 rings (SSSR count). The van der Waals surface area contributed by atoms with Crippen LogP contribution in [0.1, 0.15) is 19.3 Å². The summed E-state index contributed by atoms with van der Waals surface area (Å²) in [6.45, 7) is 0. The van der Waals surface area contributed by atoms with Crippen LogP contribution >= 0.6 is 47.8 Å². The zero-order valence-electron chi connectivity index (χ0n) is 10.3. The Morgan fingerprint density at radius 1 is 1.10 bits per heavy atom. The number of carboxylic acids is 1. The molecular formula is C13H12Br3NO3. The van der Waals surface area contributed by atoms with Crippen LogP contribution in [0.5, 0.6) is 0 Å². The Labute approximate surface area is 141 Å². The van der Waals surface area contributed by atoms with Gasteiger partial charge in [-0.2, -0.15) is 0 Å². The summed E-state index contributed by atoms with van der Waals surface area (Å²) in [6.07, 6.45) is 1.59. The van der Waals surface area contributed by atoms with E-state index in [2.05, 4.69) is 53.1 Å². The molecule has 1 aliphatic rings. The quantitative estimate of drug-likeness (QED) is 0.689. The average Bonchev–Trinajstić information content (AvgIpc) is 2.83. The number of carboxylic acid groups (broad SMARTS) is 1. The molecule has 1 aliphatic carbocycles. The largest absolute Gasteiger partial charge is 0.481 e. The van der Waals surface area contributed by atoms with E-state index in [1.165, 1.54) is 0 Å². The second kappa shape index (κ2) is 6.58. The number of anilines is 1.